The van der Waals surface area contributed by atoms with Crippen molar-refractivity contribution >= 4 is 52.3 Å². The standard InChI is InChI=1S/C25H30ClFN6O4S/c1-32(2)25(37)13-4-7-17(29-22(35)21(34)28-14-5-6-15(26)16(27)11-14)19(10-13)30-23(36)24-31-18-8-9-33(3)12-20(18)38-24/h5-6,11,13,17,19H,4,7-10,12H2,1-3H3,(H,28,34)(H,29,35)(H,30,36)/t13-,17-,19+/m0/s1. The Morgan fingerprint density at radius 1 is 1.13 bits per heavy atom. The average Bonchev–Trinajstić information content (AvgIpc) is 3.30. The van der Waals surface area contributed by atoms with Crippen LogP contribution in [-0.4, -0.2) is 78.2 Å². The van der Waals surface area contributed by atoms with E-state index in [0.717, 1.165) is 36.1 Å². The number of nitrogens with zero attached hydrogens (tertiary/aromatic N) is 3. The van der Waals surface area contributed by atoms with E-state index < -0.39 is 29.7 Å². The number of halogens is 2. The number of anilines is 1. The van der Waals surface area contributed by atoms with E-state index >= 15 is 0 Å². The minimum atomic E-state index is -0.986. The average molecular weight is 565 g/mol. The molecule has 3 atom stereocenters. The van der Waals surface area contributed by atoms with Crippen LogP contribution in [0.5, 0.6) is 0 Å². The second-order valence-electron chi connectivity index (χ2n) is 9.86. The van der Waals surface area contributed by atoms with Gasteiger partial charge in [0.05, 0.1) is 16.8 Å². The normalized spacial score (nSPS) is 21.2. The van der Waals surface area contributed by atoms with Crippen molar-refractivity contribution in [3.63, 3.8) is 0 Å². The topological polar surface area (TPSA) is 124 Å². The number of likely N-dealkylation sites (N-methyl/N-ethyl adjacent to an activating group) is 1. The Morgan fingerprint density at radius 2 is 1.89 bits per heavy atom. The molecule has 4 amide bonds. The number of carbonyl (C=O) groups is 4. The van der Waals surface area contributed by atoms with Crippen LogP contribution in [0.25, 0.3) is 0 Å². The van der Waals surface area contributed by atoms with E-state index in [4.69, 9.17) is 11.6 Å². The summed E-state index contributed by atoms with van der Waals surface area (Å²) in [6, 6.07) is 2.47. The molecule has 1 saturated carbocycles. The highest BCUT2D eigenvalue weighted by molar-refractivity contribution is 7.13. The van der Waals surface area contributed by atoms with E-state index in [-0.39, 0.29) is 28.4 Å². The predicted molar refractivity (Wildman–Crippen MR) is 141 cm³/mol. The van der Waals surface area contributed by atoms with Gasteiger partial charge in [0.25, 0.3) is 5.91 Å². The molecule has 4 rings (SSSR count). The summed E-state index contributed by atoms with van der Waals surface area (Å²) < 4.78 is 13.7. The summed E-state index contributed by atoms with van der Waals surface area (Å²) in [5.41, 5.74) is 0.998. The molecule has 2 aliphatic rings. The highest BCUT2D eigenvalue weighted by Crippen LogP contribution is 2.28. The van der Waals surface area contributed by atoms with Crippen LogP contribution >= 0.6 is 22.9 Å². The Balaban J connectivity index is 1.46. The number of aromatic nitrogens is 1. The first-order valence-corrected chi connectivity index (χ1v) is 13.5. The Hall–Kier alpha value is -3.09. The van der Waals surface area contributed by atoms with Crippen LogP contribution < -0.4 is 16.0 Å². The fourth-order valence-electron chi connectivity index (χ4n) is 4.74. The molecule has 0 spiro atoms. The van der Waals surface area contributed by atoms with Gasteiger partial charge in [-0.25, -0.2) is 9.37 Å². The van der Waals surface area contributed by atoms with Crippen molar-refractivity contribution in [2.24, 2.45) is 5.92 Å². The highest BCUT2D eigenvalue weighted by Gasteiger charge is 2.37. The maximum absolute atomic E-state index is 13.7. The zero-order valence-corrected chi connectivity index (χ0v) is 22.9. The number of thiazole rings is 1. The first-order valence-electron chi connectivity index (χ1n) is 12.3. The Morgan fingerprint density at radius 3 is 2.61 bits per heavy atom. The van der Waals surface area contributed by atoms with Crippen LogP contribution in [0.15, 0.2) is 18.2 Å². The molecule has 1 aromatic carbocycles. The van der Waals surface area contributed by atoms with Crippen molar-refractivity contribution in [3.05, 3.63) is 44.6 Å². The lowest BCUT2D eigenvalue weighted by atomic mass is 9.81. The first-order chi connectivity index (χ1) is 18.0. The van der Waals surface area contributed by atoms with Gasteiger partial charge in [0.1, 0.15) is 5.82 Å². The van der Waals surface area contributed by atoms with E-state index in [1.807, 2.05) is 7.05 Å². The lowest BCUT2D eigenvalue weighted by Crippen LogP contribution is -2.57. The number of nitrogens with one attached hydrogen (secondary N) is 3. The summed E-state index contributed by atoms with van der Waals surface area (Å²) in [6.45, 7) is 1.60. The summed E-state index contributed by atoms with van der Waals surface area (Å²) in [5.74, 6) is -3.44. The lowest BCUT2D eigenvalue weighted by molar-refractivity contribution is -0.137. The van der Waals surface area contributed by atoms with Gasteiger partial charge >= 0.3 is 11.8 Å². The lowest BCUT2D eigenvalue weighted by Gasteiger charge is -2.37. The molecular formula is C25H30ClFN6O4S. The monoisotopic (exact) mass is 564 g/mol. The molecule has 0 bridgehead atoms. The van der Waals surface area contributed by atoms with Crippen molar-refractivity contribution in [2.75, 3.05) is 33.0 Å². The van der Waals surface area contributed by atoms with Crippen LogP contribution in [0.3, 0.4) is 0 Å². The third kappa shape index (κ3) is 6.48. The molecule has 38 heavy (non-hydrogen) atoms. The number of amides is 4. The molecule has 1 aliphatic heterocycles. The van der Waals surface area contributed by atoms with E-state index in [2.05, 4.69) is 25.8 Å². The molecule has 1 fully saturated rings. The number of carbonyl (C=O) groups excluding carboxylic acids is 4. The van der Waals surface area contributed by atoms with Gasteiger partial charge in [0.15, 0.2) is 5.01 Å². The number of hydrogen-bond acceptors (Lipinski definition) is 7. The van der Waals surface area contributed by atoms with Crippen LogP contribution in [0.1, 0.15) is 39.6 Å². The molecule has 0 radical (unpaired) electrons. The molecule has 13 heteroatoms. The Bertz CT molecular complexity index is 1250. The largest absolute Gasteiger partial charge is 0.349 e. The van der Waals surface area contributed by atoms with Crippen molar-refractivity contribution in [2.45, 2.75) is 44.3 Å². The van der Waals surface area contributed by atoms with E-state index in [1.165, 1.54) is 28.4 Å². The summed E-state index contributed by atoms with van der Waals surface area (Å²) in [5, 5.41) is 8.20. The smallest absolute Gasteiger partial charge is 0.313 e. The van der Waals surface area contributed by atoms with Crippen molar-refractivity contribution in [1.29, 1.82) is 0 Å². The number of benzene rings is 1. The molecule has 0 saturated heterocycles. The van der Waals surface area contributed by atoms with Crippen molar-refractivity contribution in [1.82, 2.24) is 25.4 Å². The van der Waals surface area contributed by atoms with Crippen molar-refractivity contribution < 1.29 is 23.6 Å². The van der Waals surface area contributed by atoms with Gasteiger partial charge in [0, 0.05) is 56.1 Å². The molecule has 10 nitrogen and oxygen atoms in total. The highest BCUT2D eigenvalue weighted by atomic mass is 35.5. The van der Waals surface area contributed by atoms with Crippen molar-refractivity contribution in [3.8, 4) is 0 Å². The molecule has 3 N–H and O–H groups in total. The van der Waals surface area contributed by atoms with Gasteiger partial charge in [-0.2, -0.15) is 0 Å². The summed E-state index contributed by atoms with van der Waals surface area (Å²) in [7, 11) is 5.36. The molecular weight excluding hydrogens is 535 g/mol. The second kappa shape index (κ2) is 11.7. The van der Waals surface area contributed by atoms with E-state index in [0.29, 0.717) is 24.3 Å². The number of fused-ring (bicyclic) bond motifs is 1. The number of rotatable bonds is 5. The third-order valence-electron chi connectivity index (χ3n) is 6.77. The zero-order valence-electron chi connectivity index (χ0n) is 21.3. The van der Waals surface area contributed by atoms with Gasteiger partial charge in [-0.05, 0) is 44.5 Å². The SMILES string of the molecule is CN1CCc2nc(C(=O)N[C@@H]3C[C@@H](C(=O)N(C)C)CC[C@@H]3NC(=O)C(=O)Nc3ccc(Cl)c(F)c3)sc2C1. The van der Waals surface area contributed by atoms with E-state index in [1.54, 1.807) is 14.1 Å². The zero-order chi connectivity index (χ0) is 27.6. The second-order valence-corrected chi connectivity index (χ2v) is 11.4. The quantitative estimate of drug-likeness (QED) is 0.478. The summed E-state index contributed by atoms with van der Waals surface area (Å²) >= 11 is 7.01. The molecule has 1 aliphatic carbocycles. The molecule has 1 aromatic heterocycles. The number of hydrogen-bond donors (Lipinski definition) is 3. The predicted octanol–water partition coefficient (Wildman–Crippen LogP) is 2.03. The summed E-state index contributed by atoms with van der Waals surface area (Å²) in [6.07, 6.45) is 1.93. The van der Waals surface area contributed by atoms with Crippen LogP contribution in [0.4, 0.5) is 10.1 Å². The maximum atomic E-state index is 13.7. The Labute approximate surface area is 228 Å². The van der Waals surface area contributed by atoms with Crippen LogP contribution in [0, 0.1) is 11.7 Å². The molecule has 0 unspecified atom stereocenters. The third-order valence-corrected chi connectivity index (χ3v) is 8.16. The Kier molecular flexibility index (Phi) is 8.64. The fourth-order valence-corrected chi connectivity index (χ4v) is 5.95. The fraction of sp³-hybridized carbons (Fsp3) is 0.480. The minimum absolute atomic E-state index is 0.0655. The maximum Gasteiger partial charge on any atom is 0.313 e. The van der Waals surface area contributed by atoms with Gasteiger partial charge in [0.2, 0.25) is 5.91 Å². The van der Waals surface area contributed by atoms with Gasteiger partial charge < -0.3 is 25.8 Å². The van der Waals surface area contributed by atoms with Gasteiger partial charge in [-0.1, -0.05) is 11.6 Å². The van der Waals surface area contributed by atoms with E-state index in [9.17, 15) is 23.6 Å². The minimum Gasteiger partial charge on any atom is -0.349 e. The van der Waals surface area contributed by atoms with Gasteiger partial charge in [-0.15, -0.1) is 11.3 Å². The molecule has 2 heterocycles. The summed E-state index contributed by atoms with van der Waals surface area (Å²) in [4.78, 5) is 60.3. The molecule has 2 aromatic rings. The van der Waals surface area contributed by atoms with Crippen LogP contribution in [0.2, 0.25) is 5.02 Å². The molecule has 204 valence electrons. The first kappa shape index (κ1) is 27.9. The van der Waals surface area contributed by atoms with Crippen LogP contribution in [-0.2, 0) is 27.3 Å². The van der Waals surface area contributed by atoms with Gasteiger partial charge in [-0.3, -0.25) is 19.2 Å².